The fourth-order valence-electron chi connectivity index (χ4n) is 4.32. The average Bonchev–Trinajstić information content (AvgIpc) is 3.04. The molecular weight excluding hydrogens is 570 g/mol. The summed E-state index contributed by atoms with van der Waals surface area (Å²) in [6.45, 7) is 6.19. The van der Waals surface area contributed by atoms with Gasteiger partial charge in [-0.3, -0.25) is 14.4 Å². The summed E-state index contributed by atoms with van der Waals surface area (Å²) in [5, 5.41) is 8.31. The van der Waals surface area contributed by atoms with Crippen LogP contribution < -0.4 is 20.7 Å². The minimum absolute atomic E-state index is 0.111. The van der Waals surface area contributed by atoms with Crippen molar-refractivity contribution >= 4 is 46.9 Å². The van der Waals surface area contributed by atoms with Gasteiger partial charge in [0.05, 0.1) is 12.4 Å². The van der Waals surface area contributed by atoms with Crippen LogP contribution in [0.15, 0.2) is 114 Å². The van der Waals surface area contributed by atoms with Gasteiger partial charge in [0.2, 0.25) is 5.91 Å². The zero-order chi connectivity index (χ0) is 31.5. The van der Waals surface area contributed by atoms with Crippen molar-refractivity contribution in [1.29, 1.82) is 0 Å². The molecule has 0 aromatic heterocycles. The Kier molecular flexibility index (Phi) is 11.4. The number of hydrogen-bond donors (Lipinski definition) is 3. The Morgan fingerprint density at radius 1 is 0.818 bits per heavy atom. The van der Waals surface area contributed by atoms with Crippen LogP contribution >= 0.6 is 11.8 Å². The van der Waals surface area contributed by atoms with E-state index in [1.165, 1.54) is 17.3 Å². The normalized spacial score (nSPS) is 11.9. The number of nitrogens with one attached hydrogen (secondary N) is 3. The van der Waals surface area contributed by atoms with Crippen molar-refractivity contribution in [3.05, 3.63) is 126 Å². The van der Waals surface area contributed by atoms with Crippen molar-refractivity contribution in [3.63, 3.8) is 0 Å². The van der Waals surface area contributed by atoms with Crippen LogP contribution in [0.4, 0.5) is 11.4 Å². The molecule has 0 bridgehead atoms. The van der Waals surface area contributed by atoms with Gasteiger partial charge in [-0.1, -0.05) is 69.3 Å². The topological polar surface area (TPSA) is 96.5 Å². The summed E-state index contributed by atoms with van der Waals surface area (Å²) in [5.74, 6) is 0.122. The quantitative estimate of drug-likeness (QED) is 0.113. The molecule has 1 unspecified atom stereocenters. The molecule has 4 aromatic rings. The summed E-state index contributed by atoms with van der Waals surface area (Å²) in [6, 6.07) is 31.1. The van der Waals surface area contributed by atoms with Crippen molar-refractivity contribution in [2.24, 2.45) is 0 Å². The Morgan fingerprint density at radius 3 is 2.16 bits per heavy atom. The van der Waals surface area contributed by atoms with Crippen LogP contribution in [0.25, 0.3) is 6.08 Å². The maximum atomic E-state index is 13.5. The molecule has 3 amide bonds. The smallest absolute Gasteiger partial charge is 0.272 e. The van der Waals surface area contributed by atoms with E-state index >= 15 is 0 Å². The van der Waals surface area contributed by atoms with E-state index in [2.05, 4.69) is 29.8 Å². The highest BCUT2D eigenvalue weighted by molar-refractivity contribution is 8.00. The van der Waals surface area contributed by atoms with Crippen LogP contribution in [0.3, 0.4) is 0 Å². The molecular formula is C36H37N3O4S. The van der Waals surface area contributed by atoms with Gasteiger partial charge in [0.1, 0.15) is 11.4 Å². The van der Waals surface area contributed by atoms with Crippen molar-refractivity contribution < 1.29 is 19.1 Å². The predicted molar refractivity (Wildman–Crippen MR) is 179 cm³/mol. The van der Waals surface area contributed by atoms with E-state index in [-0.39, 0.29) is 22.8 Å². The molecule has 0 aliphatic rings. The van der Waals surface area contributed by atoms with E-state index in [4.69, 9.17) is 4.74 Å². The lowest BCUT2D eigenvalue weighted by molar-refractivity contribution is -0.116. The van der Waals surface area contributed by atoms with Gasteiger partial charge in [-0.2, -0.15) is 0 Å². The first-order valence-electron chi connectivity index (χ1n) is 14.5. The van der Waals surface area contributed by atoms with Crippen LogP contribution in [0, 0.1) is 0 Å². The lowest BCUT2D eigenvalue weighted by Gasteiger charge is -2.16. The molecule has 0 aliphatic heterocycles. The van der Waals surface area contributed by atoms with E-state index in [0.29, 0.717) is 35.0 Å². The Balaban J connectivity index is 1.50. The molecule has 0 aliphatic carbocycles. The molecule has 7 nitrogen and oxygen atoms in total. The molecule has 4 rings (SSSR count). The first-order valence-corrected chi connectivity index (χ1v) is 15.3. The molecule has 1 atom stereocenters. The number of anilines is 2. The largest absolute Gasteiger partial charge is 0.497 e. The SMILES string of the molecule is CCC(Sc1cccc(NC(=O)/C(=C\c2ccc(C(C)C)cc2)NC(=O)c2ccccc2)c1)C(=O)Nc1ccc(OC)cc1. The third-order valence-electron chi connectivity index (χ3n) is 6.83. The molecule has 0 saturated carbocycles. The minimum atomic E-state index is -0.464. The Hall–Kier alpha value is -4.82. The van der Waals surface area contributed by atoms with Crippen LogP contribution in [0.2, 0.25) is 0 Å². The van der Waals surface area contributed by atoms with Gasteiger partial charge in [0.15, 0.2) is 0 Å². The lowest BCUT2D eigenvalue weighted by atomic mass is 10.0. The molecule has 44 heavy (non-hydrogen) atoms. The molecule has 0 spiro atoms. The summed E-state index contributed by atoms with van der Waals surface area (Å²) >= 11 is 1.42. The van der Waals surface area contributed by atoms with Gasteiger partial charge in [-0.05, 0) is 84.1 Å². The molecule has 8 heteroatoms. The molecule has 4 aromatic carbocycles. The van der Waals surface area contributed by atoms with Crippen molar-refractivity contribution in [2.45, 2.75) is 43.3 Å². The van der Waals surface area contributed by atoms with Crippen molar-refractivity contribution in [2.75, 3.05) is 17.7 Å². The highest BCUT2D eigenvalue weighted by Crippen LogP contribution is 2.29. The average molecular weight is 608 g/mol. The monoisotopic (exact) mass is 607 g/mol. The minimum Gasteiger partial charge on any atom is -0.497 e. The standard InChI is InChI=1S/C36H37N3O4S/c1-5-33(36(42)37-28-18-20-30(43-4)21-19-28)44-31-13-9-12-29(23-31)38-35(41)32(39-34(40)27-10-7-6-8-11-27)22-25-14-16-26(17-15-25)24(2)3/h6-24,33H,5H2,1-4H3,(H,37,42)(H,38,41)(H,39,40)/b32-22+. The fraction of sp³-hybridized carbons (Fsp3) is 0.194. The van der Waals surface area contributed by atoms with Gasteiger partial charge in [-0.15, -0.1) is 11.8 Å². The maximum Gasteiger partial charge on any atom is 0.272 e. The van der Waals surface area contributed by atoms with E-state index < -0.39 is 5.91 Å². The molecule has 3 N–H and O–H groups in total. The first-order chi connectivity index (χ1) is 21.2. The summed E-state index contributed by atoms with van der Waals surface area (Å²) in [7, 11) is 1.59. The number of hydrogen-bond acceptors (Lipinski definition) is 5. The number of carbonyl (C=O) groups excluding carboxylic acids is 3. The summed E-state index contributed by atoms with van der Waals surface area (Å²) in [4.78, 5) is 40.4. The van der Waals surface area contributed by atoms with Gasteiger partial charge in [-0.25, -0.2) is 0 Å². The highest BCUT2D eigenvalue weighted by Gasteiger charge is 2.19. The Bertz CT molecular complexity index is 1600. The number of rotatable bonds is 12. The second kappa shape index (κ2) is 15.6. The zero-order valence-corrected chi connectivity index (χ0v) is 26.1. The van der Waals surface area contributed by atoms with Crippen LogP contribution in [0.5, 0.6) is 5.75 Å². The van der Waals surface area contributed by atoms with Gasteiger partial charge < -0.3 is 20.7 Å². The van der Waals surface area contributed by atoms with Crippen LogP contribution in [-0.4, -0.2) is 30.1 Å². The van der Waals surface area contributed by atoms with E-state index in [0.717, 1.165) is 10.5 Å². The summed E-state index contributed by atoms with van der Waals surface area (Å²) in [6.07, 6.45) is 2.27. The number of ether oxygens (including phenoxy) is 1. The number of methoxy groups -OCH3 is 1. The van der Waals surface area contributed by atoms with Gasteiger partial charge in [0.25, 0.3) is 11.8 Å². The molecule has 0 heterocycles. The number of benzene rings is 4. The molecule has 0 fully saturated rings. The van der Waals surface area contributed by atoms with Crippen LogP contribution in [0.1, 0.15) is 54.6 Å². The van der Waals surface area contributed by atoms with Crippen molar-refractivity contribution in [3.8, 4) is 5.75 Å². The number of amides is 3. The number of thioether (sulfide) groups is 1. The summed E-state index contributed by atoms with van der Waals surface area (Å²) < 4.78 is 5.18. The second-order valence-corrected chi connectivity index (χ2v) is 11.7. The molecule has 0 saturated heterocycles. The highest BCUT2D eigenvalue weighted by atomic mass is 32.2. The van der Waals surface area contributed by atoms with Gasteiger partial charge in [0, 0.05) is 21.8 Å². The van der Waals surface area contributed by atoms with E-state index in [9.17, 15) is 14.4 Å². The Labute approximate surface area is 263 Å². The van der Waals surface area contributed by atoms with E-state index in [1.54, 1.807) is 67.8 Å². The molecule has 0 radical (unpaired) electrons. The lowest BCUT2D eigenvalue weighted by Crippen LogP contribution is -2.30. The second-order valence-electron chi connectivity index (χ2n) is 10.4. The first kappa shape index (κ1) is 32.1. The van der Waals surface area contributed by atoms with E-state index in [1.807, 2.05) is 55.5 Å². The maximum absolute atomic E-state index is 13.5. The Morgan fingerprint density at radius 2 is 1.52 bits per heavy atom. The fourth-order valence-corrected chi connectivity index (χ4v) is 5.33. The third-order valence-corrected chi connectivity index (χ3v) is 8.19. The zero-order valence-electron chi connectivity index (χ0n) is 25.3. The number of carbonyl (C=O) groups is 3. The predicted octanol–water partition coefficient (Wildman–Crippen LogP) is 7.74. The third kappa shape index (κ3) is 9.09. The van der Waals surface area contributed by atoms with Gasteiger partial charge >= 0.3 is 0 Å². The van der Waals surface area contributed by atoms with Crippen LogP contribution in [-0.2, 0) is 9.59 Å². The molecule has 226 valence electrons. The summed E-state index contributed by atoms with van der Waals surface area (Å²) in [5.41, 5.74) is 3.74. The van der Waals surface area contributed by atoms with Crippen molar-refractivity contribution in [1.82, 2.24) is 5.32 Å².